The van der Waals surface area contributed by atoms with E-state index in [2.05, 4.69) is 0 Å². The Morgan fingerprint density at radius 1 is 1.19 bits per heavy atom. The molecule has 1 aliphatic rings. The van der Waals surface area contributed by atoms with Gasteiger partial charge in [0.1, 0.15) is 5.75 Å². The molecule has 21 heavy (non-hydrogen) atoms. The third-order valence-corrected chi connectivity index (χ3v) is 3.54. The van der Waals surface area contributed by atoms with Crippen LogP contribution in [-0.2, 0) is 4.74 Å². The third kappa shape index (κ3) is 3.45. The molecule has 0 aromatic heterocycles. The lowest BCUT2D eigenvalue weighted by atomic mass is 10.1. The average molecular weight is 292 g/mol. The van der Waals surface area contributed by atoms with Gasteiger partial charge in [0.25, 0.3) is 5.91 Å². The molecule has 0 bridgehead atoms. The van der Waals surface area contributed by atoms with Crippen molar-refractivity contribution in [2.45, 2.75) is 13.8 Å². The summed E-state index contributed by atoms with van der Waals surface area (Å²) >= 11 is 0. The van der Waals surface area contributed by atoms with Gasteiger partial charge in [-0.3, -0.25) is 4.79 Å². The number of ether oxygens (including phenoxy) is 1. The first-order chi connectivity index (χ1) is 10.0. The highest BCUT2D eigenvalue weighted by atomic mass is 16.6. The van der Waals surface area contributed by atoms with Crippen molar-refractivity contribution in [3.63, 3.8) is 0 Å². The van der Waals surface area contributed by atoms with Crippen LogP contribution in [0.5, 0.6) is 5.75 Å². The smallest absolute Gasteiger partial charge is 0.409 e. The molecule has 1 N–H and O–H groups in total. The van der Waals surface area contributed by atoms with Crippen LogP contribution in [0.15, 0.2) is 18.2 Å². The molecule has 6 nitrogen and oxygen atoms in total. The van der Waals surface area contributed by atoms with E-state index in [1.54, 1.807) is 35.8 Å². The summed E-state index contributed by atoms with van der Waals surface area (Å²) in [5, 5.41) is 9.50. The Morgan fingerprint density at radius 3 is 2.38 bits per heavy atom. The van der Waals surface area contributed by atoms with E-state index in [1.807, 2.05) is 0 Å². The van der Waals surface area contributed by atoms with Crippen LogP contribution in [0.2, 0.25) is 0 Å². The molecular weight excluding hydrogens is 272 g/mol. The predicted octanol–water partition coefficient (Wildman–Crippen LogP) is 1.61. The second-order valence-corrected chi connectivity index (χ2v) is 4.98. The van der Waals surface area contributed by atoms with E-state index in [0.29, 0.717) is 43.9 Å². The fraction of sp³-hybridized carbons (Fsp3) is 0.467. The van der Waals surface area contributed by atoms with E-state index in [4.69, 9.17) is 4.74 Å². The van der Waals surface area contributed by atoms with Crippen LogP contribution in [0.3, 0.4) is 0 Å². The average Bonchev–Trinajstić information content (AvgIpc) is 2.50. The second-order valence-electron chi connectivity index (χ2n) is 4.98. The first-order valence-electron chi connectivity index (χ1n) is 7.03. The largest absolute Gasteiger partial charge is 0.508 e. The highest BCUT2D eigenvalue weighted by Crippen LogP contribution is 2.18. The highest BCUT2D eigenvalue weighted by molar-refractivity contribution is 5.94. The molecule has 1 fully saturated rings. The molecule has 1 heterocycles. The maximum atomic E-state index is 12.4. The lowest BCUT2D eigenvalue weighted by Gasteiger charge is -2.34. The first kappa shape index (κ1) is 15.2. The Balaban J connectivity index is 1.97. The Bertz CT molecular complexity index is 536. The van der Waals surface area contributed by atoms with Crippen LogP contribution in [-0.4, -0.2) is 59.7 Å². The van der Waals surface area contributed by atoms with Gasteiger partial charge in [-0.05, 0) is 37.6 Å². The minimum absolute atomic E-state index is 0.0818. The highest BCUT2D eigenvalue weighted by Gasteiger charge is 2.25. The van der Waals surface area contributed by atoms with Gasteiger partial charge in [-0.15, -0.1) is 0 Å². The lowest BCUT2D eigenvalue weighted by molar-refractivity contribution is 0.0570. The quantitative estimate of drug-likeness (QED) is 0.899. The first-order valence-corrected chi connectivity index (χ1v) is 7.03. The number of hydrogen-bond acceptors (Lipinski definition) is 4. The van der Waals surface area contributed by atoms with Crippen LogP contribution < -0.4 is 0 Å². The Kier molecular flexibility index (Phi) is 4.67. The number of rotatable bonds is 2. The summed E-state index contributed by atoms with van der Waals surface area (Å²) < 4.78 is 4.95. The van der Waals surface area contributed by atoms with Gasteiger partial charge in [0, 0.05) is 31.7 Å². The summed E-state index contributed by atoms with van der Waals surface area (Å²) in [6, 6.07) is 4.81. The molecule has 0 spiro atoms. The number of piperazine rings is 1. The molecule has 1 saturated heterocycles. The van der Waals surface area contributed by atoms with Crippen molar-refractivity contribution in [1.82, 2.24) is 9.80 Å². The molecule has 114 valence electrons. The number of aromatic hydroxyl groups is 1. The van der Waals surface area contributed by atoms with Crippen LogP contribution in [0, 0.1) is 6.92 Å². The van der Waals surface area contributed by atoms with E-state index in [0.717, 1.165) is 0 Å². The molecule has 1 aromatic rings. The second kappa shape index (κ2) is 6.47. The number of nitrogens with zero attached hydrogens (tertiary/aromatic N) is 2. The van der Waals surface area contributed by atoms with Gasteiger partial charge in [-0.2, -0.15) is 0 Å². The zero-order valence-electron chi connectivity index (χ0n) is 12.3. The number of benzene rings is 1. The number of phenols is 1. The molecule has 0 aliphatic carbocycles. The molecule has 2 amide bonds. The summed E-state index contributed by atoms with van der Waals surface area (Å²) in [6.45, 7) is 5.79. The zero-order valence-corrected chi connectivity index (χ0v) is 12.3. The van der Waals surface area contributed by atoms with E-state index in [9.17, 15) is 14.7 Å². The number of aryl methyl sites for hydroxylation is 1. The lowest BCUT2D eigenvalue weighted by Crippen LogP contribution is -2.50. The normalized spacial score (nSPS) is 15.0. The molecule has 0 saturated carbocycles. The van der Waals surface area contributed by atoms with Gasteiger partial charge < -0.3 is 19.6 Å². The minimum atomic E-state index is -0.329. The Morgan fingerprint density at radius 2 is 1.81 bits per heavy atom. The Labute approximate surface area is 123 Å². The molecule has 0 unspecified atom stereocenters. The molecule has 6 heteroatoms. The monoisotopic (exact) mass is 292 g/mol. The van der Waals surface area contributed by atoms with E-state index < -0.39 is 0 Å². The molecule has 1 aliphatic heterocycles. The molecule has 0 radical (unpaired) electrons. The van der Waals surface area contributed by atoms with Crippen molar-refractivity contribution in [3.05, 3.63) is 29.3 Å². The fourth-order valence-corrected chi connectivity index (χ4v) is 2.28. The third-order valence-electron chi connectivity index (χ3n) is 3.54. The van der Waals surface area contributed by atoms with Crippen molar-refractivity contribution in [3.8, 4) is 5.75 Å². The van der Waals surface area contributed by atoms with Gasteiger partial charge in [-0.1, -0.05) is 0 Å². The molecule has 0 atom stereocenters. The summed E-state index contributed by atoms with van der Waals surface area (Å²) in [7, 11) is 0. The topological polar surface area (TPSA) is 70.1 Å². The number of amides is 2. The summed E-state index contributed by atoms with van der Waals surface area (Å²) in [5.74, 6) is 0.0975. The summed E-state index contributed by atoms with van der Waals surface area (Å²) in [4.78, 5) is 27.3. The SMILES string of the molecule is CCOC(=O)N1CCN(C(=O)c2ccc(O)c(C)c2)CC1. The van der Waals surface area contributed by atoms with E-state index in [-0.39, 0.29) is 17.7 Å². The number of carbonyl (C=O) groups is 2. The van der Waals surface area contributed by atoms with Crippen molar-refractivity contribution in [2.75, 3.05) is 32.8 Å². The van der Waals surface area contributed by atoms with E-state index in [1.165, 1.54) is 6.07 Å². The molecular formula is C15H20N2O4. The van der Waals surface area contributed by atoms with Gasteiger partial charge in [0.2, 0.25) is 0 Å². The minimum Gasteiger partial charge on any atom is -0.508 e. The number of carbonyl (C=O) groups excluding carboxylic acids is 2. The predicted molar refractivity (Wildman–Crippen MR) is 77.3 cm³/mol. The maximum absolute atomic E-state index is 12.4. The van der Waals surface area contributed by atoms with Crippen molar-refractivity contribution >= 4 is 12.0 Å². The summed E-state index contributed by atoms with van der Waals surface area (Å²) in [6.07, 6.45) is -0.329. The van der Waals surface area contributed by atoms with Crippen molar-refractivity contribution < 1.29 is 19.4 Å². The van der Waals surface area contributed by atoms with Gasteiger partial charge in [0.05, 0.1) is 6.61 Å². The van der Waals surface area contributed by atoms with Gasteiger partial charge in [-0.25, -0.2) is 4.79 Å². The Hall–Kier alpha value is -2.24. The number of hydrogen-bond donors (Lipinski definition) is 1. The van der Waals surface area contributed by atoms with Gasteiger partial charge >= 0.3 is 6.09 Å². The van der Waals surface area contributed by atoms with Crippen LogP contribution >= 0.6 is 0 Å². The van der Waals surface area contributed by atoms with Crippen LogP contribution in [0.1, 0.15) is 22.8 Å². The summed E-state index contributed by atoms with van der Waals surface area (Å²) in [5.41, 5.74) is 1.22. The standard InChI is InChI=1S/C15H20N2O4/c1-3-21-15(20)17-8-6-16(7-9-17)14(19)12-4-5-13(18)11(2)10-12/h4-5,10,18H,3,6-9H2,1-2H3. The van der Waals surface area contributed by atoms with E-state index >= 15 is 0 Å². The number of phenolic OH excluding ortho intramolecular Hbond substituents is 1. The molecule has 1 aromatic carbocycles. The van der Waals surface area contributed by atoms with Gasteiger partial charge in [0.15, 0.2) is 0 Å². The molecule has 2 rings (SSSR count). The van der Waals surface area contributed by atoms with Crippen molar-refractivity contribution in [2.24, 2.45) is 0 Å². The zero-order chi connectivity index (χ0) is 15.4. The fourth-order valence-electron chi connectivity index (χ4n) is 2.28. The van der Waals surface area contributed by atoms with Crippen LogP contribution in [0.25, 0.3) is 0 Å². The maximum Gasteiger partial charge on any atom is 0.409 e. The van der Waals surface area contributed by atoms with Crippen LogP contribution in [0.4, 0.5) is 4.79 Å². The van der Waals surface area contributed by atoms with Crippen molar-refractivity contribution in [1.29, 1.82) is 0 Å².